The van der Waals surface area contributed by atoms with Gasteiger partial charge in [-0.1, -0.05) is 27.2 Å². The first kappa shape index (κ1) is 14.5. The van der Waals surface area contributed by atoms with Crippen molar-refractivity contribution in [1.29, 1.82) is 0 Å². The lowest BCUT2D eigenvalue weighted by Crippen LogP contribution is -2.58. The zero-order chi connectivity index (χ0) is 12.8. The molecule has 3 nitrogen and oxygen atoms in total. The van der Waals surface area contributed by atoms with Crippen molar-refractivity contribution >= 4 is 5.91 Å². The van der Waals surface area contributed by atoms with Crippen LogP contribution in [0.3, 0.4) is 0 Å². The fraction of sp³-hybridized carbons (Fsp3) is 0.929. The molecule has 0 saturated carbocycles. The number of carbonyl (C=O) groups is 1. The fourth-order valence-corrected chi connectivity index (χ4v) is 2.89. The highest BCUT2D eigenvalue weighted by molar-refractivity contribution is 5.79. The summed E-state index contributed by atoms with van der Waals surface area (Å²) in [5.41, 5.74) is 0. The number of likely N-dealkylation sites (N-methyl/N-ethyl adjacent to an activating group) is 1. The Morgan fingerprint density at radius 2 is 2.00 bits per heavy atom. The normalized spacial score (nSPS) is 29.4. The van der Waals surface area contributed by atoms with E-state index in [4.69, 9.17) is 0 Å². The van der Waals surface area contributed by atoms with Crippen LogP contribution >= 0.6 is 0 Å². The number of rotatable bonds is 2. The summed E-state index contributed by atoms with van der Waals surface area (Å²) in [5.74, 6) is 1.21. The monoisotopic (exact) mass is 240 g/mol. The van der Waals surface area contributed by atoms with Crippen LogP contribution < -0.4 is 0 Å². The lowest BCUT2D eigenvalue weighted by Gasteiger charge is -2.45. The number of carbonyl (C=O) groups excluding carboxylic acids is 1. The summed E-state index contributed by atoms with van der Waals surface area (Å²) in [5, 5.41) is 0. The average molecular weight is 240 g/mol. The molecule has 0 radical (unpaired) electrons. The Labute approximate surface area is 106 Å². The molecule has 2 fully saturated rings. The zero-order valence-electron chi connectivity index (χ0n) is 11.9. The lowest BCUT2D eigenvalue weighted by atomic mass is 9.87. The van der Waals surface area contributed by atoms with Crippen molar-refractivity contribution in [2.45, 2.75) is 53.0 Å². The predicted octanol–water partition coefficient (Wildman–Crippen LogP) is 2.37. The van der Waals surface area contributed by atoms with Gasteiger partial charge >= 0.3 is 0 Å². The van der Waals surface area contributed by atoms with Gasteiger partial charge < -0.3 is 4.90 Å². The van der Waals surface area contributed by atoms with Gasteiger partial charge in [-0.25, -0.2) is 0 Å². The Morgan fingerprint density at radius 3 is 2.59 bits per heavy atom. The van der Waals surface area contributed by atoms with Crippen molar-refractivity contribution in [2.24, 2.45) is 5.92 Å². The third kappa shape index (κ3) is 3.44. The Hall–Kier alpha value is -0.570. The van der Waals surface area contributed by atoms with E-state index in [-0.39, 0.29) is 0 Å². The van der Waals surface area contributed by atoms with E-state index in [9.17, 15) is 4.79 Å². The molecular formula is C14H28N2O. The summed E-state index contributed by atoms with van der Waals surface area (Å²) in [6, 6.07) is 0.640. The Kier molecular flexibility index (Phi) is 5.96. The number of fused-ring (bicyclic) bond motifs is 1. The summed E-state index contributed by atoms with van der Waals surface area (Å²) in [7, 11) is 0. The number of amides is 1. The standard InChI is InChI=1S/C12H22N2O.C2H6/c1-3-10-5-6-14-9-12(15)13(4-2)8-11(14)7-10;1-2/h10-11H,3-9H2,1-2H3;1-2H3. The highest BCUT2D eigenvalue weighted by Crippen LogP contribution is 2.27. The summed E-state index contributed by atoms with van der Waals surface area (Å²) in [6.45, 7) is 12.0. The van der Waals surface area contributed by atoms with Gasteiger partial charge in [0.05, 0.1) is 6.54 Å². The van der Waals surface area contributed by atoms with Crippen LogP contribution in [-0.4, -0.2) is 47.9 Å². The minimum Gasteiger partial charge on any atom is -0.340 e. The lowest BCUT2D eigenvalue weighted by molar-refractivity contribution is -0.139. The van der Waals surface area contributed by atoms with Crippen LogP contribution in [0.5, 0.6) is 0 Å². The second-order valence-corrected chi connectivity index (χ2v) is 4.86. The molecule has 0 aromatic carbocycles. The molecule has 0 bridgehead atoms. The van der Waals surface area contributed by atoms with Crippen molar-refractivity contribution in [3.05, 3.63) is 0 Å². The molecule has 100 valence electrons. The van der Waals surface area contributed by atoms with E-state index < -0.39 is 0 Å². The molecule has 2 aliphatic rings. The highest BCUT2D eigenvalue weighted by Gasteiger charge is 2.35. The fourth-order valence-electron chi connectivity index (χ4n) is 2.89. The quantitative estimate of drug-likeness (QED) is 0.740. The van der Waals surface area contributed by atoms with E-state index in [2.05, 4.69) is 18.7 Å². The van der Waals surface area contributed by atoms with Gasteiger partial charge in [-0.3, -0.25) is 9.69 Å². The maximum absolute atomic E-state index is 11.7. The van der Waals surface area contributed by atoms with Crippen LogP contribution in [0.15, 0.2) is 0 Å². The molecule has 2 aliphatic heterocycles. The van der Waals surface area contributed by atoms with Crippen molar-refractivity contribution < 1.29 is 4.79 Å². The number of hydrogen-bond acceptors (Lipinski definition) is 2. The minimum absolute atomic E-state index is 0.323. The van der Waals surface area contributed by atoms with E-state index >= 15 is 0 Å². The topological polar surface area (TPSA) is 23.6 Å². The van der Waals surface area contributed by atoms with Gasteiger partial charge in [-0.15, -0.1) is 0 Å². The molecule has 2 heterocycles. The highest BCUT2D eigenvalue weighted by atomic mass is 16.2. The van der Waals surface area contributed by atoms with Gasteiger partial charge in [-0.05, 0) is 32.2 Å². The first-order valence-corrected chi connectivity index (χ1v) is 7.26. The molecule has 3 heteroatoms. The summed E-state index contributed by atoms with van der Waals surface area (Å²) < 4.78 is 0. The Morgan fingerprint density at radius 1 is 1.29 bits per heavy atom. The predicted molar refractivity (Wildman–Crippen MR) is 72.0 cm³/mol. The van der Waals surface area contributed by atoms with Crippen molar-refractivity contribution in [3.63, 3.8) is 0 Å². The van der Waals surface area contributed by atoms with E-state index in [1.54, 1.807) is 0 Å². The van der Waals surface area contributed by atoms with Crippen LogP contribution in [0.1, 0.15) is 47.0 Å². The minimum atomic E-state index is 0.323. The van der Waals surface area contributed by atoms with E-state index in [0.29, 0.717) is 18.5 Å². The smallest absolute Gasteiger partial charge is 0.236 e. The van der Waals surface area contributed by atoms with E-state index in [1.807, 2.05) is 18.7 Å². The number of hydrogen-bond donors (Lipinski definition) is 0. The third-order valence-electron chi connectivity index (χ3n) is 4.03. The molecular weight excluding hydrogens is 212 g/mol. The van der Waals surface area contributed by atoms with Crippen LogP contribution in [0.2, 0.25) is 0 Å². The van der Waals surface area contributed by atoms with Crippen LogP contribution in [0.25, 0.3) is 0 Å². The zero-order valence-corrected chi connectivity index (χ0v) is 11.9. The summed E-state index contributed by atoms with van der Waals surface area (Å²) in [6.07, 6.45) is 3.87. The van der Waals surface area contributed by atoms with Gasteiger partial charge in [0.25, 0.3) is 0 Å². The maximum Gasteiger partial charge on any atom is 0.236 e. The van der Waals surface area contributed by atoms with Crippen molar-refractivity contribution in [3.8, 4) is 0 Å². The Balaban J connectivity index is 0.000000686. The Bertz CT molecular complexity index is 242. The van der Waals surface area contributed by atoms with Gasteiger partial charge in [0, 0.05) is 19.1 Å². The second-order valence-electron chi connectivity index (χ2n) is 4.86. The first-order chi connectivity index (χ1) is 8.24. The van der Waals surface area contributed by atoms with Crippen molar-refractivity contribution in [2.75, 3.05) is 26.2 Å². The van der Waals surface area contributed by atoms with Crippen molar-refractivity contribution in [1.82, 2.24) is 9.80 Å². The van der Waals surface area contributed by atoms with Crippen LogP contribution in [-0.2, 0) is 4.79 Å². The third-order valence-corrected chi connectivity index (χ3v) is 4.03. The maximum atomic E-state index is 11.7. The molecule has 0 aromatic heterocycles. The molecule has 0 N–H and O–H groups in total. The van der Waals surface area contributed by atoms with Gasteiger partial charge in [0.15, 0.2) is 0 Å². The largest absolute Gasteiger partial charge is 0.340 e. The SMILES string of the molecule is CC.CCC1CCN2CC(=O)N(CC)CC2C1. The molecule has 2 atom stereocenters. The molecule has 17 heavy (non-hydrogen) atoms. The van der Waals surface area contributed by atoms with Gasteiger partial charge in [0.1, 0.15) is 0 Å². The molecule has 1 amide bonds. The number of piperazine rings is 1. The second kappa shape index (κ2) is 7.00. The summed E-state index contributed by atoms with van der Waals surface area (Å²) >= 11 is 0. The molecule has 2 rings (SSSR count). The number of piperidine rings is 1. The van der Waals surface area contributed by atoms with Gasteiger partial charge in [-0.2, -0.15) is 0 Å². The van der Waals surface area contributed by atoms with E-state index in [0.717, 1.165) is 25.6 Å². The molecule has 0 aromatic rings. The average Bonchev–Trinajstić information content (AvgIpc) is 2.39. The molecule has 0 spiro atoms. The molecule has 2 saturated heterocycles. The van der Waals surface area contributed by atoms with Crippen LogP contribution in [0.4, 0.5) is 0 Å². The number of nitrogens with zero attached hydrogens (tertiary/aromatic N) is 2. The molecule has 0 aliphatic carbocycles. The van der Waals surface area contributed by atoms with Gasteiger partial charge in [0.2, 0.25) is 5.91 Å². The van der Waals surface area contributed by atoms with E-state index in [1.165, 1.54) is 19.3 Å². The molecule has 2 unspecified atom stereocenters. The first-order valence-electron chi connectivity index (χ1n) is 7.26. The summed E-state index contributed by atoms with van der Waals surface area (Å²) in [4.78, 5) is 16.1. The van der Waals surface area contributed by atoms with Crippen LogP contribution in [0, 0.1) is 5.92 Å².